The Morgan fingerprint density at radius 2 is 1.62 bits per heavy atom. The second-order valence-electron chi connectivity index (χ2n) is 8.30. The average molecular weight is 460 g/mol. The monoisotopic (exact) mass is 459 g/mol. The van der Waals surface area contributed by atoms with Crippen molar-refractivity contribution < 1.29 is 9.53 Å². The largest absolute Gasteiger partial charge is 0.493 e. The first-order valence-electron chi connectivity index (χ1n) is 11.6. The Balaban J connectivity index is 1.69. The zero-order valence-electron chi connectivity index (χ0n) is 19.8. The normalized spacial score (nSPS) is 11.1. The minimum Gasteiger partial charge on any atom is -0.493 e. The van der Waals surface area contributed by atoms with Gasteiger partial charge in [-0.1, -0.05) is 49.4 Å². The highest BCUT2D eigenvalue weighted by Crippen LogP contribution is 2.29. The van der Waals surface area contributed by atoms with Crippen LogP contribution in [-0.4, -0.2) is 33.6 Å². The van der Waals surface area contributed by atoms with Crippen LogP contribution in [0.3, 0.4) is 0 Å². The van der Waals surface area contributed by atoms with E-state index < -0.39 is 5.69 Å². The lowest BCUT2D eigenvalue weighted by atomic mass is 10.0. The standard InChI is InChI=1S/C27H29N3O4/c1-4-16-34-24-15-14-19-10-6-7-11-20(19)22(24)17-28(3)25(31)18-30-23-13-9-8-12-21(23)26(32)29(5-2)27(30)33/h6-15H,4-5,16-18H2,1-3H3. The van der Waals surface area contributed by atoms with Gasteiger partial charge in [-0.15, -0.1) is 0 Å². The van der Waals surface area contributed by atoms with Gasteiger partial charge >= 0.3 is 5.69 Å². The van der Waals surface area contributed by atoms with Crippen molar-refractivity contribution in [3.05, 3.63) is 87.1 Å². The van der Waals surface area contributed by atoms with Crippen LogP contribution in [0.15, 0.2) is 70.3 Å². The van der Waals surface area contributed by atoms with Crippen LogP contribution in [-0.2, 0) is 24.4 Å². The summed E-state index contributed by atoms with van der Waals surface area (Å²) >= 11 is 0. The topological polar surface area (TPSA) is 73.5 Å². The SMILES string of the molecule is CCCOc1ccc2ccccc2c1CN(C)C(=O)Cn1c(=O)n(CC)c(=O)c2ccccc21. The Hall–Kier alpha value is -3.87. The molecule has 4 aromatic rings. The van der Waals surface area contributed by atoms with Gasteiger partial charge in [-0.2, -0.15) is 0 Å². The van der Waals surface area contributed by atoms with Crippen LogP contribution in [0.2, 0.25) is 0 Å². The van der Waals surface area contributed by atoms with E-state index in [1.54, 1.807) is 43.1 Å². The first kappa shape index (κ1) is 23.3. The lowest BCUT2D eigenvalue weighted by Crippen LogP contribution is -2.42. The number of carbonyl (C=O) groups excluding carboxylic acids is 1. The van der Waals surface area contributed by atoms with Gasteiger partial charge in [-0.25, -0.2) is 4.79 Å². The zero-order valence-corrected chi connectivity index (χ0v) is 19.8. The predicted octanol–water partition coefficient (Wildman–Crippen LogP) is 3.78. The fraction of sp³-hybridized carbons (Fsp3) is 0.296. The van der Waals surface area contributed by atoms with Gasteiger partial charge in [-0.3, -0.25) is 18.7 Å². The smallest absolute Gasteiger partial charge is 0.331 e. The van der Waals surface area contributed by atoms with E-state index >= 15 is 0 Å². The molecule has 0 unspecified atom stereocenters. The van der Waals surface area contributed by atoms with E-state index in [0.29, 0.717) is 24.1 Å². The molecule has 0 saturated heterocycles. The molecule has 1 aromatic heterocycles. The van der Waals surface area contributed by atoms with Crippen molar-refractivity contribution in [2.45, 2.75) is 39.9 Å². The number of rotatable bonds is 8. The summed E-state index contributed by atoms with van der Waals surface area (Å²) < 4.78 is 8.53. The van der Waals surface area contributed by atoms with Crippen LogP contribution in [0.25, 0.3) is 21.7 Å². The molecule has 4 rings (SSSR count). The van der Waals surface area contributed by atoms with Crippen LogP contribution in [0.5, 0.6) is 5.75 Å². The fourth-order valence-electron chi connectivity index (χ4n) is 4.21. The summed E-state index contributed by atoms with van der Waals surface area (Å²) in [6.45, 7) is 4.79. The summed E-state index contributed by atoms with van der Waals surface area (Å²) in [7, 11) is 1.72. The molecule has 34 heavy (non-hydrogen) atoms. The maximum atomic E-state index is 13.3. The number of benzene rings is 3. The van der Waals surface area contributed by atoms with Gasteiger partial charge in [0.2, 0.25) is 5.91 Å². The first-order valence-corrected chi connectivity index (χ1v) is 11.6. The zero-order chi connectivity index (χ0) is 24.2. The molecule has 0 aliphatic heterocycles. The van der Waals surface area contributed by atoms with E-state index in [1.165, 1.54) is 4.57 Å². The number of para-hydroxylation sites is 1. The summed E-state index contributed by atoms with van der Waals surface area (Å²) in [6, 6.07) is 18.9. The van der Waals surface area contributed by atoms with Crippen molar-refractivity contribution in [3.8, 4) is 5.75 Å². The molecule has 3 aromatic carbocycles. The van der Waals surface area contributed by atoms with Crippen molar-refractivity contribution in [1.29, 1.82) is 0 Å². The maximum absolute atomic E-state index is 13.3. The molecule has 7 nitrogen and oxygen atoms in total. The molecule has 1 amide bonds. The molecular formula is C27H29N3O4. The molecular weight excluding hydrogens is 430 g/mol. The van der Waals surface area contributed by atoms with E-state index in [2.05, 4.69) is 0 Å². The number of hydrogen-bond donors (Lipinski definition) is 0. The third-order valence-corrected chi connectivity index (χ3v) is 6.02. The number of nitrogens with zero attached hydrogens (tertiary/aromatic N) is 3. The van der Waals surface area contributed by atoms with Crippen molar-refractivity contribution in [2.75, 3.05) is 13.7 Å². The molecule has 0 saturated carbocycles. The van der Waals surface area contributed by atoms with Crippen molar-refractivity contribution in [3.63, 3.8) is 0 Å². The van der Waals surface area contributed by atoms with Gasteiger partial charge in [0.25, 0.3) is 5.56 Å². The number of hydrogen-bond acceptors (Lipinski definition) is 4. The Kier molecular flexibility index (Phi) is 6.82. The number of likely N-dealkylation sites (N-methyl/N-ethyl adjacent to an activating group) is 1. The van der Waals surface area contributed by atoms with E-state index in [0.717, 1.165) is 33.1 Å². The van der Waals surface area contributed by atoms with Crippen LogP contribution >= 0.6 is 0 Å². The summed E-state index contributed by atoms with van der Waals surface area (Å²) in [6.07, 6.45) is 0.879. The third-order valence-electron chi connectivity index (χ3n) is 6.02. The number of carbonyl (C=O) groups is 1. The molecule has 1 heterocycles. The number of aromatic nitrogens is 2. The average Bonchev–Trinajstić information content (AvgIpc) is 2.86. The van der Waals surface area contributed by atoms with Crippen LogP contribution in [0, 0.1) is 0 Å². The third kappa shape index (κ3) is 4.33. The second-order valence-corrected chi connectivity index (χ2v) is 8.30. The minimum absolute atomic E-state index is 0.161. The van der Waals surface area contributed by atoms with E-state index in [-0.39, 0.29) is 24.6 Å². The van der Waals surface area contributed by atoms with Crippen LogP contribution < -0.4 is 16.0 Å². The minimum atomic E-state index is -0.481. The summed E-state index contributed by atoms with van der Waals surface area (Å²) in [4.78, 5) is 40.6. The molecule has 0 bridgehead atoms. The second kappa shape index (κ2) is 9.95. The van der Waals surface area contributed by atoms with Crippen LogP contribution in [0.1, 0.15) is 25.8 Å². The molecule has 0 aliphatic carbocycles. The Bertz CT molecular complexity index is 1470. The number of fused-ring (bicyclic) bond motifs is 2. The van der Waals surface area contributed by atoms with Gasteiger partial charge in [0.05, 0.1) is 17.5 Å². The number of ether oxygens (including phenoxy) is 1. The molecule has 7 heteroatoms. The van der Waals surface area contributed by atoms with E-state index in [9.17, 15) is 14.4 Å². The molecule has 176 valence electrons. The van der Waals surface area contributed by atoms with Gasteiger partial charge in [0.1, 0.15) is 12.3 Å². The number of amides is 1. The lowest BCUT2D eigenvalue weighted by molar-refractivity contribution is -0.131. The van der Waals surface area contributed by atoms with E-state index in [1.807, 2.05) is 43.3 Å². The molecule has 0 atom stereocenters. The maximum Gasteiger partial charge on any atom is 0.331 e. The first-order chi connectivity index (χ1) is 16.5. The van der Waals surface area contributed by atoms with Crippen molar-refractivity contribution in [2.24, 2.45) is 0 Å². The highest BCUT2D eigenvalue weighted by Gasteiger charge is 2.19. The van der Waals surface area contributed by atoms with Crippen LogP contribution in [0.4, 0.5) is 0 Å². The summed E-state index contributed by atoms with van der Waals surface area (Å²) in [5.74, 6) is 0.519. The van der Waals surface area contributed by atoms with Crippen molar-refractivity contribution in [1.82, 2.24) is 14.0 Å². The molecule has 0 radical (unpaired) electrons. The molecule has 0 spiro atoms. The highest BCUT2D eigenvalue weighted by molar-refractivity contribution is 5.88. The van der Waals surface area contributed by atoms with Crippen molar-refractivity contribution >= 4 is 27.6 Å². The van der Waals surface area contributed by atoms with E-state index in [4.69, 9.17) is 4.74 Å². The van der Waals surface area contributed by atoms with Gasteiger partial charge in [-0.05, 0) is 42.3 Å². The molecule has 0 N–H and O–H groups in total. The lowest BCUT2D eigenvalue weighted by Gasteiger charge is -2.22. The molecule has 0 fully saturated rings. The highest BCUT2D eigenvalue weighted by atomic mass is 16.5. The van der Waals surface area contributed by atoms with Gasteiger partial charge in [0, 0.05) is 25.7 Å². The fourth-order valence-corrected chi connectivity index (χ4v) is 4.21. The summed E-state index contributed by atoms with van der Waals surface area (Å²) in [5, 5.41) is 2.51. The van der Waals surface area contributed by atoms with Gasteiger partial charge in [0.15, 0.2) is 0 Å². The molecule has 0 aliphatic rings. The summed E-state index contributed by atoms with van der Waals surface area (Å²) in [5.41, 5.74) is 0.568. The quantitative estimate of drug-likeness (QED) is 0.402. The Labute approximate surface area is 197 Å². The predicted molar refractivity (Wildman–Crippen MR) is 134 cm³/mol. The Morgan fingerprint density at radius 3 is 2.35 bits per heavy atom. The van der Waals surface area contributed by atoms with Gasteiger partial charge < -0.3 is 9.64 Å². The Morgan fingerprint density at radius 1 is 0.912 bits per heavy atom.